The van der Waals surface area contributed by atoms with E-state index >= 15 is 0 Å². The third kappa shape index (κ3) is 2.59. The number of nitrogens with one attached hydrogen (secondary N) is 1. The van der Waals surface area contributed by atoms with Crippen LogP contribution in [0.25, 0.3) is 11.6 Å². The summed E-state index contributed by atoms with van der Waals surface area (Å²) in [6.07, 6.45) is 2.88. The van der Waals surface area contributed by atoms with Gasteiger partial charge in [-0.2, -0.15) is 9.78 Å². The van der Waals surface area contributed by atoms with Gasteiger partial charge < -0.3 is 14.3 Å². The summed E-state index contributed by atoms with van der Waals surface area (Å²) in [5.74, 6) is -0.404. The first-order valence-corrected chi connectivity index (χ1v) is 6.63. The highest BCUT2D eigenvalue weighted by molar-refractivity contribution is 7.71. The molecule has 0 aliphatic heterocycles. The number of H-pyrrole nitrogens is 1. The first kappa shape index (κ1) is 14.0. The van der Waals surface area contributed by atoms with Crippen LogP contribution < -0.4 is 5.11 Å². The number of aromatic nitrogens is 3. The molecule has 0 spiro atoms. The van der Waals surface area contributed by atoms with E-state index in [4.69, 9.17) is 16.6 Å². The minimum Gasteiger partial charge on any atom is -0.545 e. The van der Waals surface area contributed by atoms with Crippen LogP contribution in [0.5, 0.6) is 0 Å². The minimum absolute atomic E-state index is 0.0424. The molecule has 7 nitrogen and oxygen atoms in total. The number of carboxylic acid groups (broad SMARTS) is 1. The third-order valence-corrected chi connectivity index (χ3v) is 3.15. The molecule has 3 aromatic rings. The van der Waals surface area contributed by atoms with Crippen LogP contribution in [0.1, 0.15) is 15.9 Å². The number of nitrogens with zero attached hydrogens (tertiary/aromatic N) is 3. The predicted octanol–water partition coefficient (Wildman–Crippen LogP) is 1.45. The van der Waals surface area contributed by atoms with E-state index in [2.05, 4.69) is 15.3 Å². The molecule has 110 valence electrons. The topological polar surface area (TPSA) is 99.2 Å². The van der Waals surface area contributed by atoms with Crippen molar-refractivity contribution in [1.29, 1.82) is 0 Å². The summed E-state index contributed by atoms with van der Waals surface area (Å²) in [4.78, 5) is 11.1. The Morgan fingerprint density at radius 1 is 1.36 bits per heavy atom. The Morgan fingerprint density at radius 2 is 2.18 bits per heavy atom. The van der Waals surface area contributed by atoms with Crippen molar-refractivity contribution >= 4 is 24.4 Å². The van der Waals surface area contributed by atoms with E-state index in [1.54, 1.807) is 30.3 Å². The third-order valence-electron chi connectivity index (χ3n) is 2.88. The van der Waals surface area contributed by atoms with Crippen LogP contribution in [0.4, 0.5) is 0 Å². The summed E-state index contributed by atoms with van der Waals surface area (Å²) in [5.41, 5.74) is 0.441. The number of aromatic carboxylic acids is 1. The van der Waals surface area contributed by atoms with Crippen LogP contribution >= 0.6 is 12.2 Å². The fourth-order valence-electron chi connectivity index (χ4n) is 1.88. The molecule has 2 heterocycles. The van der Waals surface area contributed by atoms with Crippen molar-refractivity contribution in [1.82, 2.24) is 14.9 Å². The van der Waals surface area contributed by atoms with Gasteiger partial charge in [0.05, 0.1) is 18.4 Å². The SMILES string of the molecule is O=C([O-])c1ccccc1C=Nn1c(-c2ccco2)n[nH]c1=S. The van der Waals surface area contributed by atoms with E-state index in [1.807, 2.05) is 0 Å². The highest BCUT2D eigenvalue weighted by Crippen LogP contribution is 2.17. The number of carboxylic acids is 1. The van der Waals surface area contributed by atoms with E-state index in [1.165, 1.54) is 23.2 Å². The Kier molecular flexibility index (Phi) is 3.67. The average molecular weight is 313 g/mol. The first-order chi connectivity index (χ1) is 10.7. The van der Waals surface area contributed by atoms with Gasteiger partial charge in [0.25, 0.3) is 0 Å². The van der Waals surface area contributed by atoms with Crippen molar-refractivity contribution in [2.45, 2.75) is 0 Å². The van der Waals surface area contributed by atoms with Crippen molar-refractivity contribution in [3.05, 3.63) is 58.6 Å². The Bertz CT molecular complexity index is 893. The monoisotopic (exact) mass is 313 g/mol. The fourth-order valence-corrected chi connectivity index (χ4v) is 2.06. The number of rotatable bonds is 4. The molecule has 22 heavy (non-hydrogen) atoms. The van der Waals surface area contributed by atoms with E-state index in [0.29, 0.717) is 17.1 Å². The maximum absolute atomic E-state index is 11.1. The van der Waals surface area contributed by atoms with Crippen molar-refractivity contribution in [3.63, 3.8) is 0 Å². The molecule has 3 rings (SSSR count). The van der Waals surface area contributed by atoms with Crippen molar-refractivity contribution in [2.24, 2.45) is 5.10 Å². The Morgan fingerprint density at radius 3 is 2.91 bits per heavy atom. The largest absolute Gasteiger partial charge is 0.545 e. The number of hydrogen-bond acceptors (Lipinski definition) is 6. The standard InChI is InChI=1S/C14H10N4O3S/c19-13(20)10-5-2-1-4-9(10)8-15-18-12(16-17-14(18)22)11-6-3-7-21-11/h1-8H,(H,17,22)(H,19,20)/p-1. The molecule has 0 bridgehead atoms. The van der Waals surface area contributed by atoms with Gasteiger partial charge in [-0.05, 0) is 24.4 Å². The van der Waals surface area contributed by atoms with Crippen LogP contribution in [0, 0.1) is 4.77 Å². The molecule has 8 heteroatoms. The zero-order valence-electron chi connectivity index (χ0n) is 11.1. The second-order valence-electron chi connectivity index (χ2n) is 4.26. The van der Waals surface area contributed by atoms with Crippen LogP contribution in [-0.4, -0.2) is 27.1 Å². The molecule has 2 aromatic heterocycles. The molecular weight excluding hydrogens is 304 g/mol. The van der Waals surface area contributed by atoms with Crippen molar-refractivity contribution in [3.8, 4) is 11.6 Å². The molecule has 0 saturated heterocycles. The minimum atomic E-state index is -1.27. The Hall–Kier alpha value is -3.00. The molecule has 0 radical (unpaired) electrons. The molecule has 0 aliphatic carbocycles. The van der Waals surface area contributed by atoms with Gasteiger partial charge in [-0.1, -0.05) is 24.3 Å². The molecule has 0 saturated carbocycles. The molecule has 0 amide bonds. The van der Waals surface area contributed by atoms with Crippen LogP contribution in [0.15, 0.2) is 52.2 Å². The molecule has 1 N–H and O–H groups in total. The molecular formula is C14H9N4O3S-. The first-order valence-electron chi connectivity index (χ1n) is 6.23. The van der Waals surface area contributed by atoms with Gasteiger partial charge in [0.1, 0.15) is 0 Å². The number of carbonyl (C=O) groups excluding carboxylic acids is 1. The quantitative estimate of drug-likeness (QED) is 0.580. The van der Waals surface area contributed by atoms with E-state index in [9.17, 15) is 9.90 Å². The van der Waals surface area contributed by atoms with Gasteiger partial charge in [0.2, 0.25) is 10.6 Å². The van der Waals surface area contributed by atoms with Crippen LogP contribution in [0.3, 0.4) is 0 Å². The van der Waals surface area contributed by atoms with Crippen LogP contribution in [-0.2, 0) is 0 Å². The van der Waals surface area contributed by atoms with Gasteiger partial charge >= 0.3 is 0 Å². The van der Waals surface area contributed by atoms with Gasteiger partial charge in [0.15, 0.2) is 5.76 Å². The smallest absolute Gasteiger partial charge is 0.219 e. The lowest BCUT2D eigenvalue weighted by Crippen LogP contribution is -2.23. The molecule has 0 unspecified atom stereocenters. The highest BCUT2D eigenvalue weighted by atomic mass is 32.1. The molecule has 1 aromatic carbocycles. The fraction of sp³-hybridized carbons (Fsp3) is 0. The summed E-state index contributed by atoms with van der Waals surface area (Å²) in [5, 5.41) is 21.9. The summed E-state index contributed by atoms with van der Waals surface area (Å²) in [6, 6.07) is 9.80. The van der Waals surface area contributed by atoms with Crippen molar-refractivity contribution < 1.29 is 14.3 Å². The van der Waals surface area contributed by atoms with E-state index < -0.39 is 5.97 Å². The number of hydrogen-bond donors (Lipinski definition) is 1. The molecule has 0 aliphatic rings. The number of benzene rings is 1. The predicted molar refractivity (Wildman–Crippen MR) is 78.9 cm³/mol. The Balaban J connectivity index is 2.03. The lowest BCUT2D eigenvalue weighted by Gasteiger charge is -2.05. The summed E-state index contributed by atoms with van der Waals surface area (Å²) >= 11 is 5.11. The van der Waals surface area contributed by atoms with E-state index in [0.717, 1.165) is 0 Å². The number of aromatic amines is 1. The molecule has 0 atom stereocenters. The summed E-state index contributed by atoms with van der Waals surface area (Å²) in [6.45, 7) is 0. The van der Waals surface area contributed by atoms with Gasteiger partial charge in [-0.15, -0.1) is 5.10 Å². The van der Waals surface area contributed by atoms with E-state index in [-0.39, 0.29) is 10.3 Å². The van der Waals surface area contributed by atoms with Gasteiger partial charge in [0, 0.05) is 11.1 Å². The second-order valence-corrected chi connectivity index (χ2v) is 4.65. The maximum Gasteiger partial charge on any atom is 0.219 e. The average Bonchev–Trinajstić information content (AvgIpc) is 3.15. The zero-order valence-corrected chi connectivity index (χ0v) is 11.9. The zero-order chi connectivity index (χ0) is 15.5. The highest BCUT2D eigenvalue weighted by Gasteiger charge is 2.10. The Labute approximate surface area is 129 Å². The van der Waals surface area contributed by atoms with Crippen LogP contribution in [0.2, 0.25) is 0 Å². The summed E-state index contributed by atoms with van der Waals surface area (Å²) < 4.78 is 6.87. The maximum atomic E-state index is 11.1. The second kappa shape index (κ2) is 5.78. The number of carbonyl (C=O) groups is 1. The number of furan rings is 1. The van der Waals surface area contributed by atoms with Crippen molar-refractivity contribution in [2.75, 3.05) is 0 Å². The van der Waals surface area contributed by atoms with Gasteiger partial charge in [-0.3, -0.25) is 0 Å². The normalized spacial score (nSPS) is 11.1. The lowest BCUT2D eigenvalue weighted by molar-refractivity contribution is -0.255. The summed E-state index contributed by atoms with van der Waals surface area (Å²) in [7, 11) is 0. The van der Waals surface area contributed by atoms with Gasteiger partial charge in [-0.25, -0.2) is 5.10 Å². The lowest BCUT2D eigenvalue weighted by atomic mass is 10.1. The molecule has 0 fully saturated rings.